The van der Waals surface area contributed by atoms with Crippen LogP contribution in [0, 0.1) is 17.1 Å². The van der Waals surface area contributed by atoms with E-state index in [-0.39, 0.29) is 11.3 Å². The average Bonchev–Trinajstić information content (AvgIpc) is 3.01. The van der Waals surface area contributed by atoms with Crippen LogP contribution in [0.3, 0.4) is 0 Å². The molecule has 1 amide bonds. The van der Waals surface area contributed by atoms with Gasteiger partial charge in [0.15, 0.2) is 18.2 Å². The van der Waals surface area contributed by atoms with Crippen LogP contribution in [0.15, 0.2) is 18.2 Å². The zero-order valence-electron chi connectivity index (χ0n) is 12.7. The van der Waals surface area contributed by atoms with Gasteiger partial charge in [-0.1, -0.05) is 0 Å². The monoisotopic (exact) mass is 320 g/mol. The van der Waals surface area contributed by atoms with Crippen LogP contribution in [0.4, 0.5) is 4.39 Å². The fourth-order valence-corrected chi connectivity index (χ4v) is 2.55. The van der Waals surface area contributed by atoms with E-state index in [1.165, 1.54) is 19.2 Å². The van der Waals surface area contributed by atoms with Crippen LogP contribution in [0.1, 0.15) is 36.0 Å². The zero-order valence-corrected chi connectivity index (χ0v) is 12.7. The highest BCUT2D eigenvalue weighted by Gasteiger charge is 2.35. The van der Waals surface area contributed by atoms with Crippen LogP contribution >= 0.6 is 0 Å². The lowest BCUT2D eigenvalue weighted by atomic mass is 10.00. The molecule has 1 aliphatic rings. The van der Waals surface area contributed by atoms with Crippen molar-refractivity contribution in [1.29, 1.82) is 5.26 Å². The molecule has 2 rings (SSSR count). The number of nitrogens with one attached hydrogen (secondary N) is 1. The Kier molecular flexibility index (Phi) is 5.16. The molecule has 122 valence electrons. The number of nitriles is 1. The van der Waals surface area contributed by atoms with E-state index < -0.39 is 29.8 Å². The van der Waals surface area contributed by atoms with Crippen LogP contribution in [0.25, 0.3) is 0 Å². The van der Waals surface area contributed by atoms with Gasteiger partial charge in [-0.05, 0) is 43.9 Å². The van der Waals surface area contributed by atoms with Gasteiger partial charge in [0, 0.05) is 0 Å². The van der Waals surface area contributed by atoms with Gasteiger partial charge in [0.2, 0.25) is 0 Å². The number of halogens is 1. The summed E-state index contributed by atoms with van der Waals surface area (Å²) in [5, 5.41) is 11.8. The van der Waals surface area contributed by atoms with E-state index in [0.717, 1.165) is 18.9 Å². The van der Waals surface area contributed by atoms with Crippen molar-refractivity contribution >= 4 is 11.9 Å². The molecule has 1 saturated carbocycles. The first-order valence-corrected chi connectivity index (χ1v) is 7.22. The Balaban J connectivity index is 1.90. The maximum atomic E-state index is 13.5. The highest BCUT2D eigenvalue weighted by atomic mass is 19.1. The number of hydrogen-bond donors (Lipinski definition) is 1. The van der Waals surface area contributed by atoms with Crippen molar-refractivity contribution in [3.8, 4) is 11.8 Å². The van der Waals surface area contributed by atoms with Gasteiger partial charge in [-0.2, -0.15) is 5.26 Å². The standard InChI is InChI=1S/C16H17FN2O4/c1-22-13-5-4-11(8-12(13)17)15(21)23-9-14(20)19-16(10-18)6-2-3-7-16/h4-5,8H,2-3,6-7,9H2,1H3,(H,19,20). The van der Waals surface area contributed by atoms with Crippen LogP contribution in [0.2, 0.25) is 0 Å². The Bertz CT molecular complexity index is 648. The molecule has 0 aromatic heterocycles. The Morgan fingerprint density at radius 2 is 2.09 bits per heavy atom. The number of methoxy groups -OCH3 is 1. The van der Waals surface area contributed by atoms with Gasteiger partial charge in [-0.25, -0.2) is 9.18 Å². The maximum absolute atomic E-state index is 13.5. The first-order valence-electron chi connectivity index (χ1n) is 7.22. The smallest absolute Gasteiger partial charge is 0.338 e. The van der Waals surface area contributed by atoms with E-state index in [1.807, 2.05) is 0 Å². The summed E-state index contributed by atoms with van der Waals surface area (Å²) in [5.74, 6) is -2.05. The molecule has 23 heavy (non-hydrogen) atoms. The first-order chi connectivity index (χ1) is 11.0. The normalized spacial score (nSPS) is 15.5. The largest absolute Gasteiger partial charge is 0.494 e. The number of esters is 1. The topological polar surface area (TPSA) is 88.4 Å². The minimum absolute atomic E-state index is 0.0106. The van der Waals surface area contributed by atoms with Crippen molar-refractivity contribution in [2.24, 2.45) is 0 Å². The van der Waals surface area contributed by atoms with E-state index in [2.05, 4.69) is 11.4 Å². The third-order valence-corrected chi connectivity index (χ3v) is 3.77. The Morgan fingerprint density at radius 3 is 2.65 bits per heavy atom. The lowest BCUT2D eigenvalue weighted by Gasteiger charge is -2.21. The van der Waals surface area contributed by atoms with E-state index in [1.54, 1.807) is 0 Å². The summed E-state index contributed by atoms with van der Waals surface area (Å²) in [6.07, 6.45) is 2.93. The number of benzene rings is 1. The van der Waals surface area contributed by atoms with E-state index in [0.29, 0.717) is 12.8 Å². The molecule has 1 N–H and O–H groups in total. The van der Waals surface area contributed by atoms with E-state index in [4.69, 9.17) is 9.47 Å². The SMILES string of the molecule is COc1ccc(C(=O)OCC(=O)NC2(C#N)CCCC2)cc1F. The summed E-state index contributed by atoms with van der Waals surface area (Å²) in [6.45, 7) is -0.518. The van der Waals surface area contributed by atoms with Crippen molar-refractivity contribution in [3.63, 3.8) is 0 Å². The average molecular weight is 320 g/mol. The molecule has 1 aromatic carbocycles. The molecule has 0 saturated heterocycles. The number of rotatable bonds is 5. The molecule has 1 fully saturated rings. The van der Waals surface area contributed by atoms with E-state index in [9.17, 15) is 19.2 Å². The molecule has 0 unspecified atom stereocenters. The number of hydrogen-bond acceptors (Lipinski definition) is 5. The third-order valence-electron chi connectivity index (χ3n) is 3.77. The van der Waals surface area contributed by atoms with Gasteiger partial charge >= 0.3 is 5.97 Å². The summed E-state index contributed by atoms with van der Waals surface area (Å²) in [4.78, 5) is 23.6. The molecule has 0 spiro atoms. The zero-order chi connectivity index (χ0) is 16.9. The lowest BCUT2D eigenvalue weighted by Crippen LogP contribution is -2.46. The van der Waals surface area contributed by atoms with Crippen LogP contribution in [-0.4, -0.2) is 31.1 Å². The molecule has 0 radical (unpaired) electrons. The highest BCUT2D eigenvalue weighted by Crippen LogP contribution is 2.28. The fourth-order valence-electron chi connectivity index (χ4n) is 2.55. The second kappa shape index (κ2) is 7.09. The van der Waals surface area contributed by atoms with Gasteiger partial charge < -0.3 is 14.8 Å². The maximum Gasteiger partial charge on any atom is 0.338 e. The number of carbonyl (C=O) groups is 2. The molecule has 0 heterocycles. The van der Waals surface area contributed by atoms with Crippen molar-refractivity contribution in [2.45, 2.75) is 31.2 Å². The first kappa shape index (κ1) is 16.7. The number of nitrogens with zero attached hydrogens (tertiary/aromatic N) is 1. The molecule has 1 aliphatic carbocycles. The lowest BCUT2D eigenvalue weighted by molar-refractivity contribution is -0.125. The molecule has 6 nitrogen and oxygen atoms in total. The Hall–Kier alpha value is -2.62. The molecule has 0 bridgehead atoms. The highest BCUT2D eigenvalue weighted by molar-refractivity contribution is 5.91. The second-order valence-corrected chi connectivity index (χ2v) is 5.37. The molecule has 0 aliphatic heterocycles. The third kappa shape index (κ3) is 3.97. The Labute approximate surface area is 133 Å². The summed E-state index contributed by atoms with van der Waals surface area (Å²) >= 11 is 0. The van der Waals surface area contributed by atoms with E-state index >= 15 is 0 Å². The predicted molar refractivity (Wildman–Crippen MR) is 78.2 cm³/mol. The summed E-state index contributed by atoms with van der Waals surface area (Å²) in [7, 11) is 1.31. The summed E-state index contributed by atoms with van der Waals surface area (Å²) in [6, 6.07) is 5.73. The summed E-state index contributed by atoms with van der Waals surface area (Å²) in [5.41, 5.74) is -0.887. The Morgan fingerprint density at radius 1 is 1.39 bits per heavy atom. The molecular formula is C16H17FN2O4. The van der Waals surface area contributed by atoms with Gasteiger partial charge in [0.25, 0.3) is 5.91 Å². The second-order valence-electron chi connectivity index (χ2n) is 5.37. The fraction of sp³-hybridized carbons (Fsp3) is 0.438. The quantitative estimate of drug-likeness (QED) is 0.838. The number of carbonyl (C=O) groups excluding carboxylic acids is 2. The van der Waals surface area contributed by atoms with Crippen molar-refractivity contribution in [1.82, 2.24) is 5.32 Å². The van der Waals surface area contributed by atoms with Crippen LogP contribution in [-0.2, 0) is 9.53 Å². The van der Waals surface area contributed by atoms with Gasteiger partial charge in [0.1, 0.15) is 5.54 Å². The molecule has 7 heteroatoms. The van der Waals surface area contributed by atoms with Crippen molar-refractivity contribution in [2.75, 3.05) is 13.7 Å². The van der Waals surface area contributed by atoms with Crippen molar-refractivity contribution in [3.05, 3.63) is 29.6 Å². The van der Waals surface area contributed by atoms with Crippen LogP contribution in [0.5, 0.6) is 5.75 Å². The minimum Gasteiger partial charge on any atom is -0.494 e. The van der Waals surface area contributed by atoms with Gasteiger partial charge in [-0.3, -0.25) is 4.79 Å². The minimum atomic E-state index is -0.865. The van der Waals surface area contributed by atoms with Gasteiger partial charge in [-0.15, -0.1) is 0 Å². The number of amides is 1. The number of ether oxygens (including phenoxy) is 2. The van der Waals surface area contributed by atoms with Crippen LogP contribution < -0.4 is 10.1 Å². The summed E-state index contributed by atoms with van der Waals surface area (Å²) < 4.78 is 23.1. The molecule has 1 aromatic rings. The predicted octanol–water partition coefficient (Wildman–Crippen LogP) is 1.94. The van der Waals surface area contributed by atoms with Gasteiger partial charge in [0.05, 0.1) is 18.7 Å². The molecular weight excluding hydrogens is 303 g/mol. The van der Waals surface area contributed by atoms with Crippen molar-refractivity contribution < 1.29 is 23.5 Å². The molecule has 0 atom stereocenters.